The highest BCUT2D eigenvalue weighted by atomic mass is 79.9. The van der Waals surface area contributed by atoms with Crippen LogP contribution < -0.4 is 14.8 Å². The summed E-state index contributed by atoms with van der Waals surface area (Å²) in [4.78, 5) is 16.0. The summed E-state index contributed by atoms with van der Waals surface area (Å²) in [7, 11) is 1.56. The molecule has 5 aromatic rings. The fourth-order valence-corrected chi connectivity index (χ4v) is 4.91. The summed E-state index contributed by atoms with van der Waals surface area (Å²) >= 11 is 3.55. The third kappa shape index (κ3) is 5.97. The van der Waals surface area contributed by atoms with Gasteiger partial charge in [0.1, 0.15) is 18.2 Å². The fraction of sp³-hybridized carbons (Fsp3) is 0.125. The highest BCUT2D eigenvalue weighted by Crippen LogP contribution is 2.35. The number of aromatic nitrogens is 1. The predicted octanol–water partition coefficient (Wildman–Crippen LogP) is 6.94. The van der Waals surface area contributed by atoms with E-state index in [0.29, 0.717) is 41.1 Å². The molecule has 0 radical (unpaired) electrons. The lowest BCUT2D eigenvalue weighted by Crippen LogP contribution is -2.26. The van der Waals surface area contributed by atoms with E-state index in [1.54, 1.807) is 25.3 Å². The molecular formula is C32H26BrN3O3. The zero-order valence-electron chi connectivity index (χ0n) is 21.3. The standard InChI is InChI=1S/C32H26BrN3O3/c1-38-30-16-25(28(33)17-31(30)39-20-21-10-11-22-6-2-3-7-23(22)14-21)15-26(18-34)32(37)35-13-12-24-19-36-29-9-5-4-8-27(24)29/h2-11,14-17,19,36H,12-13,20H2,1H3,(H,35,37)/b26-15-. The molecule has 5 rings (SSSR count). The van der Waals surface area contributed by atoms with Crippen LogP contribution in [0.3, 0.4) is 0 Å². The Morgan fingerprint density at radius 1 is 1.03 bits per heavy atom. The molecule has 0 aliphatic heterocycles. The molecule has 7 heteroatoms. The van der Waals surface area contributed by atoms with Crippen molar-refractivity contribution in [2.75, 3.05) is 13.7 Å². The third-order valence-electron chi connectivity index (χ3n) is 6.51. The van der Waals surface area contributed by atoms with Gasteiger partial charge in [0.25, 0.3) is 5.91 Å². The molecule has 0 aliphatic carbocycles. The molecule has 0 fully saturated rings. The Morgan fingerprint density at radius 2 is 1.82 bits per heavy atom. The molecule has 1 heterocycles. The van der Waals surface area contributed by atoms with Crippen LogP contribution in [0.2, 0.25) is 0 Å². The van der Waals surface area contributed by atoms with Crippen LogP contribution in [0.15, 0.2) is 95.1 Å². The van der Waals surface area contributed by atoms with Crippen molar-refractivity contribution in [3.63, 3.8) is 0 Å². The molecule has 0 unspecified atom stereocenters. The predicted molar refractivity (Wildman–Crippen MR) is 158 cm³/mol. The second kappa shape index (κ2) is 11.9. The Morgan fingerprint density at radius 3 is 2.64 bits per heavy atom. The van der Waals surface area contributed by atoms with E-state index >= 15 is 0 Å². The first-order chi connectivity index (χ1) is 19.1. The van der Waals surface area contributed by atoms with E-state index in [2.05, 4.69) is 50.5 Å². The van der Waals surface area contributed by atoms with Crippen LogP contribution in [0.5, 0.6) is 11.5 Å². The Balaban J connectivity index is 1.26. The molecule has 6 nitrogen and oxygen atoms in total. The van der Waals surface area contributed by atoms with Gasteiger partial charge in [-0.25, -0.2) is 0 Å². The Bertz CT molecular complexity index is 1730. The molecule has 0 spiro atoms. The number of nitrogens with one attached hydrogen (secondary N) is 2. The van der Waals surface area contributed by atoms with E-state index < -0.39 is 5.91 Å². The smallest absolute Gasteiger partial charge is 0.261 e. The quantitative estimate of drug-likeness (QED) is 0.146. The summed E-state index contributed by atoms with van der Waals surface area (Å²) in [6.45, 7) is 0.775. The number of nitriles is 1. The van der Waals surface area contributed by atoms with Crippen LogP contribution in [0, 0.1) is 11.3 Å². The minimum Gasteiger partial charge on any atom is -0.493 e. The number of methoxy groups -OCH3 is 1. The number of amides is 1. The molecule has 0 bridgehead atoms. The van der Waals surface area contributed by atoms with Gasteiger partial charge in [-0.15, -0.1) is 0 Å². The summed E-state index contributed by atoms with van der Waals surface area (Å²) in [5.74, 6) is 0.624. The number of hydrogen-bond acceptors (Lipinski definition) is 4. The Kier molecular flexibility index (Phi) is 7.95. The monoisotopic (exact) mass is 579 g/mol. The fourth-order valence-electron chi connectivity index (χ4n) is 4.47. The Labute approximate surface area is 235 Å². The number of para-hydroxylation sites is 1. The first kappa shape index (κ1) is 26.1. The van der Waals surface area contributed by atoms with Gasteiger partial charge in [-0.05, 0) is 64.2 Å². The van der Waals surface area contributed by atoms with Crippen LogP contribution in [-0.2, 0) is 17.8 Å². The van der Waals surface area contributed by atoms with Crippen LogP contribution in [-0.4, -0.2) is 24.5 Å². The van der Waals surface area contributed by atoms with Crippen LogP contribution >= 0.6 is 15.9 Å². The third-order valence-corrected chi connectivity index (χ3v) is 7.20. The largest absolute Gasteiger partial charge is 0.493 e. The van der Waals surface area contributed by atoms with Crippen LogP contribution in [0.25, 0.3) is 27.8 Å². The van der Waals surface area contributed by atoms with E-state index in [4.69, 9.17) is 9.47 Å². The van der Waals surface area contributed by atoms with Crippen molar-refractivity contribution in [1.29, 1.82) is 5.26 Å². The molecule has 194 valence electrons. The maximum Gasteiger partial charge on any atom is 0.261 e. The van der Waals surface area contributed by atoms with Gasteiger partial charge >= 0.3 is 0 Å². The lowest BCUT2D eigenvalue weighted by molar-refractivity contribution is -0.117. The van der Waals surface area contributed by atoms with E-state index in [0.717, 1.165) is 27.4 Å². The zero-order valence-corrected chi connectivity index (χ0v) is 22.9. The van der Waals surface area contributed by atoms with Crippen LogP contribution in [0.4, 0.5) is 0 Å². The molecule has 1 aromatic heterocycles. The van der Waals surface area contributed by atoms with Crippen molar-refractivity contribution in [3.05, 3.63) is 112 Å². The minimum absolute atomic E-state index is 0.00140. The van der Waals surface area contributed by atoms with E-state index in [1.165, 1.54) is 5.39 Å². The first-order valence-electron chi connectivity index (χ1n) is 12.5. The van der Waals surface area contributed by atoms with Crippen molar-refractivity contribution < 1.29 is 14.3 Å². The molecule has 4 aromatic carbocycles. The molecule has 39 heavy (non-hydrogen) atoms. The number of benzene rings is 4. The number of hydrogen-bond donors (Lipinski definition) is 2. The molecule has 0 aliphatic rings. The summed E-state index contributed by atoms with van der Waals surface area (Å²) in [6, 6.07) is 28.0. The number of ether oxygens (including phenoxy) is 2. The van der Waals surface area contributed by atoms with Crippen molar-refractivity contribution in [2.24, 2.45) is 0 Å². The number of carbonyl (C=O) groups excluding carboxylic acids is 1. The Hall–Kier alpha value is -4.54. The zero-order chi connectivity index (χ0) is 27.2. The van der Waals surface area contributed by atoms with Gasteiger partial charge in [0.15, 0.2) is 11.5 Å². The summed E-state index contributed by atoms with van der Waals surface area (Å²) in [5.41, 5.74) is 3.83. The number of H-pyrrole nitrogens is 1. The molecule has 2 N–H and O–H groups in total. The van der Waals surface area contributed by atoms with Gasteiger partial charge in [0, 0.05) is 28.1 Å². The van der Waals surface area contributed by atoms with E-state index in [1.807, 2.05) is 54.7 Å². The summed E-state index contributed by atoms with van der Waals surface area (Å²) in [6.07, 6.45) is 4.14. The average molecular weight is 580 g/mol. The van der Waals surface area contributed by atoms with Crippen molar-refractivity contribution >= 4 is 49.6 Å². The molecule has 1 amide bonds. The van der Waals surface area contributed by atoms with Crippen molar-refractivity contribution in [1.82, 2.24) is 10.3 Å². The van der Waals surface area contributed by atoms with Crippen molar-refractivity contribution in [3.8, 4) is 17.6 Å². The van der Waals surface area contributed by atoms with Gasteiger partial charge in [0.05, 0.1) is 7.11 Å². The maximum atomic E-state index is 12.8. The molecule has 0 atom stereocenters. The summed E-state index contributed by atoms with van der Waals surface area (Å²) < 4.78 is 12.3. The van der Waals surface area contributed by atoms with Gasteiger partial charge in [-0.1, -0.05) is 70.5 Å². The number of aromatic amines is 1. The number of carbonyl (C=O) groups is 1. The maximum absolute atomic E-state index is 12.8. The molecular weight excluding hydrogens is 554 g/mol. The SMILES string of the molecule is COc1cc(/C=C(/C#N)C(=O)NCCc2c[nH]c3ccccc23)c(Br)cc1OCc1ccc2ccccc2c1. The highest BCUT2D eigenvalue weighted by Gasteiger charge is 2.14. The number of rotatable bonds is 9. The second-order valence-corrected chi connectivity index (χ2v) is 9.88. The van der Waals surface area contributed by atoms with E-state index in [9.17, 15) is 10.1 Å². The highest BCUT2D eigenvalue weighted by molar-refractivity contribution is 9.10. The first-order valence-corrected chi connectivity index (χ1v) is 13.3. The second-order valence-electron chi connectivity index (χ2n) is 9.03. The summed E-state index contributed by atoms with van der Waals surface area (Å²) in [5, 5.41) is 16.0. The van der Waals surface area contributed by atoms with E-state index in [-0.39, 0.29) is 5.57 Å². The topological polar surface area (TPSA) is 87.1 Å². The lowest BCUT2D eigenvalue weighted by Gasteiger charge is -2.13. The number of nitrogens with zero attached hydrogens (tertiary/aromatic N) is 1. The minimum atomic E-state index is -0.431. The lowest BCUT2D eigenvalue weighted by atomic mass is 10.1. The normalized spacial score (nSPS) is 11.4. The van der Waals surface area contributed by atoms with Gasteiger partial charge in [-0.2, -0.15) is 5.26 Å². The number of halogens is 1. The molecule has 0 saturated heterocycles. The van der Waals surface area contributed by atoms with Gasteiger partial charge in [-0.3, -0.25) is 4.79 Å². The van der Waals surface area contributed by atoms with Crippen molar-refractivity contribution in [2.45, 2.75) is 13.0 Å². The van der Waals surface area contributed by atoms with Gasteiger partial charge < -0.3 is 19.8 Å². The van der Waals surface area contributed by atoms with Crippen LogP contribution in [0.1, 0.15) is 16.7 Å². The average Bonchev–Trinajstić information content (AvgIpc) is 3.38. The van der Waals surface area contributed by atoms with Gasteiger partial charge in [0.2, 0.25) is 0 Å². The number of fused-ring (bicyclic) bond motifs is 2. The molecule has 0 saturated carbocycles.